The Hall–Kier alpha value is -1.78. The first-order valence-electron chi connectivity index (χ1n) is 12.6. The molecule has 1 aliphatic carbocycles. The van der Waals surface area contributed by atoms with E-state index in [9.17, 15) is 4.79 Å². The second-order valence-electron chi connectivity index (χ2n) is 9.29. The van der Waals surface area contributed by atoms with E-state index in [1.165, 1.54) is 64.2 Å². The Balaban J connectivity index is 1.74. The summed E-state index contributed by atoms with van der Waals surface area (Å²) in [4.78, 5) is 12.4. The Labute approximate surface area is 204 Å². The topological polar surface area (TPSA) is 35.5 Å². The van der Waals surface area contributed by atoms with Crippen LogP contribution in [0, 0.1) is 12.8 Å². The molecule has 3 nitrogen and oxygen atoms in total. The van der Waals surface area contributed by atoms with Crippen LogP contribution >= 0.6 is 11.8 Å². The maximum absolute atomic E-state index is 12.4. The third kappa shape index (κ3) is 7.89. The summed E-state index contributed by atoms with van der Waals surface area (Å²) in [5.41, 5.74) is 4.83. The molecule has 0 unspecified atom stereocenters. The number of carbonyl (C=O) groups is 1. The third-order valence-corrected chi connectivity index (χ3v) is 7.86. The fourth-order valence-electron chi connectivity index (χ4n) is 4.72. The molecule has 2 aromatic carbocycles. The zero-order valence-electron chi connectivity index (χ0n) is 20.6. The number of rotatable bonds is 12. The number of benzene rings is 2. The number of unbranched alkanes of at least 4 members (excludes halogenated alkanes) is 1. The number of carbonyl (C=O) groups excluding carboxylic acids is 1. The van der Waals surface area contributed by atoms with E-state index in [0.29, 0.717) is 12.2 Å². The Morgan fingerprint density at radius 2 is 1.88 bits per heavy atom. The maximum Gasteiger partial charge on any atom is 0.338 e. The quantitative estimate of drug-likeness (QED) is 0.235. The minimum atomic E-state index is -0.303. The van der Waals surface area contributed by atoms with Crippen LogP contribution in [0.5, 0.6) is 0 Å². The summed E-state index contributed by atoms with van der Waals surface area (Å²) < 4.78 is 11.6. The Kier molecular flexibility index (Phi) is 10.8. The van der Waals surface area contributed by atoms with Crippen LogP contribution in [-0.2, 0) is 16.1 Å². The summed E-state index contributed by atoms with van der Waals surface area (Å²) in [6.45, 7) is 4.90. The first kappa shape index (κ1) is 25.8. The lowest BCUT2D eigenvalue weighted by Crippen LogP contribution is -2.22. The van der Waals surface area contributed by atoms with Gasteiger partial charge < -0.3 is 9.47 Å². The minimum absolute atomic E-state index is 0.289. The first-order valence-corrected chi connectivity index (χ1v) is 13.7. The highest BCUT2D eigenvalue weighted by Gasteiger charge is 2.21. The molecule has 1 fully saturated rings. The van der Waals surface area contributed by atoms with Gasteiger partial charge in [-0.05, 0) is 65.8 Å². The molecule has 4 heteroatoms. The zero-order chi connectivity index (χ0) is 23.5. The van der Waals surface area contributed by atoms with Gasteiger partial charge in [0.05, 0.1) is 25.4 Å². The summed E-state index contributed by atoms with van der Waals surface area (Å²) in [6.07, 6.45) is 10.8. The van der Waals surface area contributed by atoms with Crippen molar-refractivity contribution in [2.45, 2.75) is 77.9 Å². The van der Waals surface area contributed by atoms with E-state index < -0.39 is 0 Å². The first-order chi connectivity index (χ1) is 16.1. The SMILES string of the molecule is CCCCSC[C@H](CC1CCCCC1)OCc1ccc(C(=O)OC)c(-c2ccccc2C)c1. The van der Waals surface area contributed by atoms with Crippen LogP contribution in [0.4, 0.5) is 0 Å². The standard InChI is InChI=1S/C29H40O3S/c1-4-5-17-33-21-25(18-23-12-7-6-8-13-23)32-20-24-15-16-27(29(30)31-3)28(19-24)26-14-10-9-11-22(26)2/h9-11,14-16,19,23,25H,4-8,12-13,17-18,20-21H2,1-3H3/t25-/m0/s1. The van der Waals surface area contributed by atoms with Crippen LogP contribution < -0.4 is 0 Å². The maximum atomic E-state index is 12.4. The average molecular weight is 469 g/mol. The van der Waals surface area contributed by atoms with Crippen LogP contribution in [0.3, 0.4) is 0 Å². The van der Waals surface area contributed by atoms with Gasteiger partial charge in [0, 0.05) is 5.75 Å². The molecule has 180 valence electrons. The lowest BCUT2D eigenvalue weighted by Gasteiger charge is -2.27. The number of esters is 1. The number of hydrogen-bond acceptors (Lipinski definition) is 4. The molecule has 0 amide bonds. The van der Waals surface area contributed by atoms with Gasteiger partial charge >= 0.3 is 5.97 Å². The van der Waals surface area contributed by atoms with E-state index in [4.69, 9.17) is 9.47 Å². The van der Waals surface area contributed by atoms with Crippen LogP contribution in [0.25, 0.3) is 11.1 Å². The number of thioether (sulfide) groups is 1. The molecule has 0 saturated heterocycles. The Morgan fingerprint density at radius 3 is 2.61 bits per heavy atom. The lowest BCUT2D eigenvalue weighted by molar-refractivity contribution is 0.0355. The second-order valence-corrected chi connectivity index (χ2v) is 10.4. The van der Waals surface area contributed by atoms with Crippen LogP contribution in [0.2, 0.25) is 0 Å². The Morgan fingerprint density at radius 1 is 1.09 bits per heavy atom. The van der Waals surface area contributed by atoms with E-state index in [2.05, 4.69) is 32.0 Å². The van der Waals surface area contributed by atoms with E-state index in [1.807, 2.05) is 36.0 Å². The fraction of sp³-hybridized carbons (Fsp3) is 0.552. The molecule has 0 N–H and O–H groups in total. The van der Waals surface area contributed by atoms with Gasteiger partial charge in [-0.3, -0.25) is 0 Å². The largest absolute Gasteiger partial charge is 0.465 e. The molecule has 1 atom stereocenters. The third-order valence-electron chi connectivity index (χ3n) is 6.68. The normalized spacial score (nSPS) is 15.4. The van der Waals surface area contributed by atoms with E-state index in [1.54, 1.807) is 0 Å². The van der Waals surface area contributed by atoms with Gasteiger partial charge in [-0.1, -0.05) is 75.8 Å². The molecule has 33 heavy (non-hydrogen) atoms. The van der Waals surface area contributed by atoms with Gasteiger partial charge in [-0.15, -0.1) is 0 Å². The highest BCUT2D eigenvalue weighted by molar-refractivity contribution is 7.99. The van der Waals surface area contributed by atoms with Gasteiger partial charge in [-0.2, -0.15) is 11.8 Å². The van der Waals surface area contributed by atoms with E-state index in [0.717, 1.165) is 33.9 Å². The molecule has 0 spiro atoms. The van der Waals surface area contributed by atoms with Gasteiger partial charge in [0.15, 0.2) is 0 Å². The summed E-state index contributed by atoms with van der Waals surface area (Å²) >= 11 is 2.03. The molecule has 1 aliphatic rings. The smallest absolute Gasteiger partial charge is 0.338 e. The van der Waals surface area contributed by atoms with Crippen molar-refractivity contribution < 1.29 is 14.3 Å². The summed E-state index contributed by atoms with van der Waals surface area (Å²) in [7, 11) is 1.44. The van der Waals surface area contributed by atoms with Crippen molar-refractivity contribution in [3.8, 4) is 11.1 Å². The van der Waals surface area contributed by atoms with Crippen molar-refractivity contribution in [3.63, 3.8) is 0 Å². The lowest BCUT2D eigenvalue weighted by atomic mass is 9.85. The Bertz CT molecular complexity index is 873. The minimum Gasteiger partial charge on any atom is -0.465 e. The zero-order valence-corrected chi connectivity index (χ0v) is 21.4. The molecule has 0 heterocycles. The number of aryl methyl sites for hydroxylation is 1. The molecule has 0 bridgehead atoms. The fourth-order valence-corrected chi connectivity index (χ4v) is 5.88. The van der Waals surface area contributed by atoms with Gasteiger partial charge in [0.1, 0.15) is 0 Å². The molecule has 1 saturated carbocycles. The van der Waals surface area contributed by atoms with Crippen molar-refractivity contribution in [2.24, 2.45) is 5.92 Å². The van der Waals surface area contributed by atoms with Crippen LogP contribution in [0.15, 0.2) is 42.5 Å². The summed E-state index contributed by atoms with van der Waals surface area (Å²) in [5, 5.41) is 0. The molecule has 0 aromatic heterocycles. The number of methoxy groups -OCH3 is 1. The van der Waals surface area contributed by atoms with Crippen molar-refractivity contribution in [3.05, 3.63) is 59.2 Å². The van der Waals surface area contributed by atoms with Crippen molar-refractivity contribution in [2.75, 3.05) is 18.6 Å². The summed E-state index contributed by atoms with van der Waals surface area (Å²) in [6, 6.07) is 14.2. The molecule has 0 aliphatic heterocycles. The molecule has 2 aromatic rings. The van der Waals surface area contributed by atoms with Gasteiger partial charge in [0.25, 0.3) is 0 Å². The molecular formula is C29H40O3S. The van der Waals surface area contributed by atoms with Crippen molar-refractivity contribution in [1.29, 1.82) is 0 Å². The molecular weight excluding hydrogens is 428 g/mol. The predicted octanol–water partition coefficient (Wildman–Crippen LogP) is 7.84. The highest BCUT2D eigenvalue weighted by atomic mass is 32.2. The number of hydrogen-bond donors (Lipinski definition) is 0. The van der Waals surface area contributed by atoms with Crippen molar-refractivity contribution in [1.82, 2.24) is 0 Å². The molecule has 0 radical (unpaired) electrons. The van der Waals surface area contributed by atoms with Crippen molar-refractivity contribution >= 4 is 17.7 Å². The van der Waals surface area contributed by atoms with Gasteiger partial charge in [-0.25, -0.2) is 4.79 Å². The van der Waals surface area contributed by atoms with E-state index >= 15 is 0 Å². The average Bonchev–Trinajstić information content (AvgIpc) is 2.85. The van der Waals surface area contributed by atoms with Crippen LogP contribution in [-0.4, -0.2) is 30.7 Å². The summed E-state index contributed by atoms with van der Waals surface area (Å²) in [5.74, 6) is 2.79. The van der Waals surface area contributed by atoms with Crippen LogP contribution in [0.1, 0.15) is 79.8 Å². The van der Waals surface area contributed by atoms with Gasteiger partial charge in [0.2, 0.25) is 0 Å². The second kappa shape index (κ2) is 13.8. The predicted molar refractivity (Wildman–Crippen MR) is 140 cm³/mol. The molecule has 3 rings (SSSR count). The number of ether oxygens (including phenoxy) is 2. The highest BCUT2D eigenvalue weighted by Crippen LogP contribution is 2.31. The monoisotopic (exact) mass is 468 g/mol. The van der Waals surface area contributed by atoms with E-state index in [-0.39, 0.29) is 12.1 Å².